The van der Waals surface area contributed by atoms with E-state index in [0.29, 0.717) is 12.3 Å². The molecule has 0 saturated carbocycles. The minimum absolute atomic E-state index is 0.0120. The Kier molecular flexibility index (Phi) is 7.24. The fourth-order valence-electron chi connectivity index (χ4n) is 5.57. The van der Waals surface area contributed by atoms with Crippen molar-refractivity contribution in [2.75, 3.05) is 58.9 Å². The lowest BCUT2D eigenvalue weighted by atomic mass is 9.93. The van der Waals surface area contributed by atoms with Crippen LogP contribution in [0.25, 0.3) is 11.3 Å². The number of carbonyl (C=O) groups is 2. The van der Waals surface area contributed by atoms with Crippen molar-refractivity contribution in [1.82, 2.24) is 29.8 Å². The Morgan fingerprint density at radius 2 is 1.80 bits per heavy atom. The molecule has 9 heteroatoms. The van der Waals surface area contributed by atoms with Crippen molar-refractivity contribution >= 4 is 11.8 Å². The molecule has 0 radical (unpaired) electrons. The van der Waals surface area contributed by atoms with Crippen LogP contribution in [0.1, 0.15) is 53.6 Å². The van der Waals surface area contributed by atoms with Crippen LogP contribution < -0.4 is 5.32 Å². The van der Waals surface area contributed by atoms with Gasteiger partial charge in [0.25, 0.3) is 5.91 Å². The lowest BCUT2D eigenvalue weighted by Gasteiger charge is -2.33. The van der Waals surface area contributed by atoms with Crippen molar-refractivity contribution in [3.05, 3.63) is 28.8 Å². The van der Waals surface area contributed by atoms with Crippen LogP contribution in [0.3, 0.4) is 0 Å². The van der Waals surface area contributed by atoms with E-state index in [1.165, 1.54) is 0 Å². The van der Waals surface area contributed by atoms with Crippen LogP contribution in [0.5, 0.6) is 0 Å². The molecule has 0 aromatic carbocycles. The molecule has 2 saturated heterocycles. The maximum absolute atomic E-state index is 13.0. The third-order valence-electron chi connectivity index (χ3n) is 7.69. The predicted octanol–water partition coefficient (Wildman–Crippen LogP) is 1.93. The first-order chi connectivity index (χ1) is 17.0. The normalized spacial score (nSPS) is 18.5. The number of piperazine rings is 1. The molecule has 35 heavy (non-hydrogen) atoms. The third kappa shape index (κ3) is 5.16. The highest BCUT2D eigenvalue weighted by molar-refractivity contribution is 5.95. The van der Waals surface area contributed by atoms with Crippen LogP contribution in [0.2, 0.25) is 0 Å². The van der Waals surface area contributed by atoms with Crippen molar-refractivity contribution < 1.29 is 14.0 Å². The number of fused-ring (bicyclic) bond motifs is 3. The number of nitrogens with one attached hydrogen (secondary N) is 1. The number of rotatable bonds is 8. The summed E-state index contributed by atoms with van der Waals surface area (Å²) in [5.41, 5.74) is 3.77. The minimum Gasteiger partial charge on any atom is -0.455 e. The number of furan rings is 1. The topological polar surface area (TPSA) is 86.8 Å². The number of likely N-dealkylation sites (tertiary alicyclic amines) is 1. The predicted molar refractivity (Wildman–Crippen MR) is 133 cm³/mol. The Labute approximate surface area is 207 Å². The van der Waals surface area contributed by atoms with E-state index in [1.54, 1.807) is 4.68 Å². The number of amides is 2. The van der Waals surface area contributed by atoms with Crippen LogP contribution in [0, 0.1) is 6.92 Å². The molecular formula is C26H38N6O3. The zero-order chi connectivity index (χ0) is 24.4. The van der Waals surface area contributed by atoms with Gasteiger partial charge < -0.3 is 24.4 Å². The number of nitrogens with zero attached hydrogens (tertiary/aromatic N) is 5. The van der Waals surface area contributed by atoms with E-state index in [4.69, 9.17) is 9.52 Å². The minimum atomic E-state index is -0.0188. The fourth-order valence-corrected chi connectivity index (χ4v) is 5.57. The largest absolute Gasteiger partial charge is 0.455 e. The van der Waals surface area contributed by atoms with Gasteiger partial charge in [0.05, 0.1) is 5.69 Å². The number of carbonyl (C=O) groups excluding carboxylic acids is 2. The van der Waals surface area contributed by atoms with E-state index < -0.39 is 0 Å². The number of hydrogen-bond acceptors (Lipinski definition) is 6. The highest BCUT2D eigenvalue weighted by Crippen LogP contribution is 2.38. The molecule has 0 spiro atoms. The van der Waals surface area contributed by atoms with Crippen LogP contribution in [0.4, 0.5) is 0 Å². The molecule has 2 aromatic rings. The molecule has 2 fully saturated rings. The van der Waals surface area contributed by atoms with Gasteiger partial charge in [-0.15, -0.1) is 0 Å². The van der Waals surface area contributed by atoms with E-state index in [-0.39, 0.29) is 18.4 Å². The molecule has 0 bridgehead atoms. The zero-order valence-electron chi connectivity index (χ0n) is 21.1. The Morgan fingerprint density at radius 1 is 1.06 bits per heavy atom. The Balaban J connectivity index is 1.15. The first-order valence-electron chi connectivity index (χ1n) is 13.2. The summed E-state index contributed by atoms with van der Waals surface area (Å²) in [7, 11) is 0. The summed E-state index contributed by atoms with van der Waals surface area (Å²) in [4.78, 5) is 32.3. The van der Waals surface area contributed by atoms with Gasteiger partial charge in [0, 0.05) is 69.6 Å². The maximum atomic E-state index is 13.0. The van der Waals surface area contributed by atoms with Gasteiger partial charge in [-0.25, -0.2) is 0 Å². The monoisotopic (exact) mass is 482 g/mol. The smallest absolute Gasteiger partial charge is 0.289 e. The lowest BCUT2D eigenvalue weighted by molar-refractivity contribution is -0.121. The summed E-state index contributed by atoms with van der Waals surface area (Å²) in [6.07, 6.45) is 6.59. The first-order valence-corrected chi connectivity index (χ1v) is 13.2. The summed E-state index contributed by atoms with van der Waals surface area (Å²) in [6, 6.07) is 0. The van der Waals surface area contributed by atoms with E-state index in [2.05, 4.69) is 22.0 Å². The van der Waals surface area contributed by atoms with Crippen molar-refractivity contribution in [2.24, 2.45) is 0 Å². The summed E-state index contributed by atoms with van der Waals surface area (Å²) >= 11 is 0. The molecule has 2 aromatic heterocycles. The standard InChI is InChI=1S/C26H38N6O3/c1-3-29-13-15-30(16-14-29)10-6-9-27-22(33)18-32-17-20-7-8-21-23(24(20)28-32)19(2)25(35-21)26(34)31-11-4-5-12-31/h17H,3-16,18H2,1-2H3,(H,27,33). The van der Waals surface area contributed by atoms with E-state index in [0.717, 1.165) is 113 Å². The van der Waals surface area contributed by atoms with Crippen molar-refractivity contribution in [3.8, 4) is 11.3 Å². The molecule has 9 nitrogen and oxygen atoms in total. The number of likely N-dealkylation sites (N-methyl/N-ethyl adjacent to an activating group) is 1. The second-order valence-electron chi connectivity index (χ2n) is 10.0. The molecule has 2 aliphatic heterocycles. The second kappa shape index (κ2) is 10.5. The molecule has 1 N–H and O–H groups in total. The fraction of sp³-hybridized carbons (Fsp3) is 0.654. The summed E-state index contributed by atoms with van der Waals surface area (Å²) in [5, 5.41) is 7.78. The maximum Gasteiger partial charge on any atom is 0.289 e. The number of hydrogen-bond donors (Lipinski definition) is 1. The molecule has 0 atom stereocenters. The van der Waals surface area contributed by atoms with Gasteiger partial charge in [-0.2, -0.15) is 5.10 Å². The van der Waals surface area contributed by atoms with Gasteiger partial charge in [0.15, 0.2) is 5.76 Å². The first kappa shape index (κ1) is 24.1. The molecule has 3 aliphatic rings. The average molecular weight is 483 g/mol. The van der Waals surface area contributed by atoms with Crippen LogP contribution in [0.15, 0.2) is 10.6 Å². The van der Waals surface area contributed by atoms with E-state index >= 15 is 0 Å². The SMILES string of the molecule is CCN1CCN(CCCNC(=O)Cn2cc3c(n2)-c2c(oc(C(=O)N4CCCC4)c2C)CC3)CC1. The molecule has 1 aliphatic carbocycles. The summed E-state index contributed by atoms with van der Waals surface area (Å²) in [5.74, 6) is 1.26. The van der Waals surface area contributed by atoms with Crippen LogP contribution >= 0.6 is 0 Å². The highest BCUT2D eigenvalue weighted by atomic mass is 16.4. The van der Waals surface area contributed by atoms with Gasteiger partial charge in [0.2, 0.25) is 5.91 Å². The van der Waals surface area contributed by atoms with Gasteiger partial charge in [-0.1, -0.05) is 6.92 Å². The summed E-state index contributed by atoms with van der Waals surface area (Å²) in [6.45, 7) is 13.3. The second-order valence-corrected chi connectivity index (χ2v) is 10.0. The van der Waals surface area contributed by atoms with Crippen molar-refractivity contribution in [1.29, 1.82) is 0 Å². The number of aryl methyl sites for hydroxylation is 2. The van der Waals surface area contributed by atoms with Gasteiger partial charge in [-0.05, 0) is 51.3 Å². The summed E-state index contributed by atoms with van der Waals surface area (Å²) < 4.78 is 7.79. The Bertz CT molecular complexity index is 1060. The third-order valence-corrected chi connectivity index (χ3v) is 7.69. The molecule has 190 valence electrons. The van der Waals surface area contributed by atoms with Crippen molar-refractivity contribution in [3.63, 3.8) is 0 Å². The Morgan fingerprint density at radius 3 is 2.54 bits per heavy atom. The quantitative estimate of drug-likeness (QED) is 0.579. The van der Waals surface area contributed by atoms with E-state index in [9.17, 15) is 9.59 Å². The Hall–Kier alpha value is -2.65. The molecule has 0 unspecified atom stereocenters. The van der Waals surface area contributed by atoms with Crippen LogP contribution in [-0.2, 0) is 24.2 Å². The molecular weight excluding hydrogens is 444 g/mol. The van der Waals surface area contributed by atoms with Gasteiger partial charge >= 0.3 is 0 Å². The lowest BCUT2D eigenvalue weighted by Crippen LogP contribution is -2.46. The average Bonchev–Trinajstić information content (AvgIpc) is 3.60. The van der Waals surface area contributed by atoms with Crippen molar-refractivity contribution in [2.45, 2.75) is 52.5 Å². The number of aromatic nitrogens is 2. The van der Waals surface area contributed by atoms with Crippen LogP contribution in [-0.4, -0.2) is 95.2 Å². The van der Waals surface area contributed by atoms with Gasteiger partial charge in [0.1, 0.15) is 12.3 Å². The van der Waals surface area contributed by atoms with Gasteiger partial charge in [-0.3, -0.25) is 14.3 Å². The molecule has 5 rings (SSSR count). The van der Waals surface area contributed by atoms with E-state index in [1.807, 2.05) is 18.0 Å². The molecule has 4 heterocycles. The molecule has 2 amide bonds. The highest BCUT2D eigenvalue weighted by Gasteiger charge is 2.32. The zero-order valence-corrected chi connectivity index (χ0v) is 21.1.